The van der Waals surface area contributed by atoms with Gasteiger partial charge in [0.2, 0.25) is 11.6 Å². The molecule has 4 aromatic rings. The Balaban J connectivity index is 1.71. The lowest BCUT2D eigenvalue weighted by atomic mass is 10.2. The molecule has 29 heavy (non-hydrogen) atoms. The molecule has 10 heteroatoms. The molecule has 0 radical (unpaired) electrons. The van der Waals surface area contributed by atoms with Gasteiger partial charge in [0.15, 0.2) is 5.13 Å². The van der Waals surface area contributed by atoms with E-state index < -0.39 is 4.92 Å². The van der Waals surface area contributed by atoms with Crippen LogP contribution in [0, 0.1) is 24.0 Å². The number of hydrogen-bond donors (Lipinski definition) is 2. The van der Waals surface area contributed by atoms with Crippen molar-refractivity contribution in [3.8, 4) is 0 Å². The van der Waals surface area contributed by atoms with Gasteiger partial charge in [-0.3, -0.25) is 10.1 Å². The van der Waals surface area contributed by atoms with Crippen LogP contribution in [0.2, 0.25) is 5.02 Å². The van der Waals surface area contributed by atoms with E-state index in [0.717, 1.165) is 21.3 Å². The molecule has 2 aromatic heterocycles. The molecule has 0 amide bonds. The number of anilines is 4. The lowest BCUT2D eigenvalue weighted by Crippen LogP contribution is -2.05. The van der Waals surface area contributed by atoms with Crippen molar-refractivity contribution in [1.29, 1.82) is 0 Å². The van der Waals surface area contributed by atoms with E-state index in [9.17, 15) is 10.1 Å². The van der Waals surface area contributed by atoms with Crippen molar-refractivity contribution >= 4 is 61.3 Å². The van der Waals surface area contributed by atoms with E-state index in [2.05, 4.69) is 25.6 Å². The first-order chi connectivity index (χ1) is 13.9. The van der Waals surface area contributed by atoms with Gasteiger partial charge in [0.25, 0.3) is 0 Å². The maximum absolute atomic E-state index is 11.8. The highest BCUT2D eigenvalue weighted by atomic mass is 35.5. The Kier molecular flexibility index (Phi) is 4.99. The minimum Gasteiger partial charge on any atom is -0.334 e. The third-order valence-corrected chi connectivity index (χ3v) is 5.63. The zero-order chi connectivity index (χ0) is 20.5. The van der Waals surface area contributed by atoms with E-state index in [4.69, 9.17) is 11.6 Å². The van der Waals surface area contributed by atoms with Gasteiger partial charge < -0.3 is 10.6 Å². The predicted octanol–water partition coefficient (Wildman–Crippen LogP) is 5.75. The first kappa shape index (κ1) is 19.0. The number of para-hydroxylation sites is 1. The van der Waals surface area contributed by atoms with Crippen LogP contribution < -0.4 is 10.6 Å². The molecular weight excluding hydrogens is 412 g/mol. The SMILES string of the molecule is Cc1ccc(Nc2ncnc(Nc3nc4c(C)cccc4s3)c2[N+](=O)[O-])cc1Cl. The molecule has 0 bridgehead atoms. The summed E-state index contributed by atoms with van der Waals surface area (Å²) < 4.78 is 0.983. The van der Waals surface area contributed by atoms with E-state index in [-0.39, 0.29) is 17.3 Å². The molecule has 146 valence electrons. The van der Waals surface area contributed by atoms with Crippen molar-refractivity contribution in [2.45, 2.75) is 13.8 Å². The van der Waals surface area contributed by atoms with E-state index in [1.54, 1.807) is 12.1 Å². The van der Waals surface area contributed by atoms with Crippen LogP contribution in [-0.2, 0) is 0 Å². The first-order valence-electron chi connectivity index (χ1n) is 8.58. The smallest absolute Gasteiger partial charge is 0.334 e. The van der Waals surface area contributed by atoms with Gasteiger partial charge in [-0.25, -0.2) is 15.0 Å². The fraction of sp³-hybridized carbons (Fsp3) is 0.105. The molecule has 8 nitrogen and oxygen atoms in total. The molecule has 0 aliphatic carbocycles. The summed E-state index contributed by atoms with van der Waals surface area (Å²) in [4.78, 5) is 23.9. The van der Waals surface area contributed by atoms with Gasteiger partial charge in [0.1, 0.15) is 6.33 Å². The number of fused-ring (bicyclic) bond motifs is 1. The van der Waals surface area contributed by atoms with E-state index in [0.29, 0.717) is 15.8 Å². The Bertz CT molecular complexity index is 1240. The second-order valence-corrected chi connectivity index (χ2v) is 7.77. The van der Waals surface area contributed by atoms with Crippen LogP contribution in [-0.4, -0.2) is 19.9 Å². The lowest BCUT2D eigenvalue weighted by molar-refractivity contribution is -0.383. The maximum atomic E-state index is 11.8. The van der Waals surface area contributed by atoms with Gasteiger partial charge in [-0.15, -0.1) is 0 Å². The first-order valence-corrected chi connectivity index (χ1v) is 9.77. The molecule has 4 rings (SSSR count). The highest BCUT2D eigenvalue weighted by molar-refractivity contribution is 7.22. The van der Waals surface area contributed by atoms with Crippen molar-refractivity contribution in [3.63, 3.8) is 0 Å². The standard InChI is InChI=1S/C19H15ClN6O2S/c1-10-6-7-12(8-13(10)20)23-17-16(26(27)28)18(22-9-21-17)25-19-24-15-11(2)4-3-5-14(15)29-19/h3-9H,1-2H3,(H2,21,22,23,24,25). The Labute approximate surface area is 174 Å². The highest BCUT2D eigenvalue weighted by Gasteiger charge is 2.24. The average Bonchev–Trinajstić information content (AvgIpc) is 3.08. The molecule has 0 aliphatic rings. The maximum Gasteiger partial charge on any atom is 0.353 e. The van der Waals surface area contributed by atoms with Crippen LogP contribution >= 0.6 is 22.9 Å². The molecule has 0 saturated heterocycles. The van der Waals surface area contributed by atoms with Gasteiger partial charge in [-0.1, -0.05) is 41.1 Å². The van der Waals surface area contributed by atoms with Crippen molar-refractivity contribution in [2.24, 2.45) is 0 Å². The number of thiazole rings is 1. The summed E-state index contributed by atoms with van der Waals surface area (Å²) in [5.74, 6) is 0.118. The summed E-state index contributed by atoms with van der Waals surface area (Å²) in [5.41, 5.74) is 3.10. The molecule has 0 atom stereocenters. The van der Waals surface area contributed by atoms with Gasteiger partial charge in [-0.2, -0.15) is 0 Å². The molecule has 0 spiro atoms. The Morgan fingerprint density at radius 1 is 1.07 bits per heavy atom. The summed E-state index contributed by atoms with van der Waals surface area (Å²) in [7, 11) is 0. The van der Waals surface area contributed by atoms with Crippen molar-refractivity contribution in [3.05, 3.63) is 69.0 Å². The number of rotatable bonds is 5. The molecular formula is C19H15ClN6O2S. The monoisotopic (exact) mass is 426 g/mol. The number of nitrogens with zero attached hydrogens (tertiary/aromatic N) is 4. The Morgan fingerprint density at radius 3 is 2.52 bits per heavy atom. The van der Waals surface area contributed by atoms with Gasteiger partial charge in [0.05, 0.1) is 15.1 Å². The van der Waals surface area contributed by atoms with Crippen molar-refractivity contribution < 1.29 is 4.92 Å². The fourth-order valence-corrected chi connectivity index (χ4v) is 3.91. The molecule has 0 unspecified atom stereocenters. The van der Waals surface area contributed by atoms with E-state index in [1.165, 1.54) is 17.7 Å². The minimum absolute atomic E-state index is 0.0578. The normalized spacial score (nSPS) is 10.9. The molecule has 0 saturated carbocycles. The van der Waals surface area contributed by atoms with Gasteiger partial charge >= 0.3 is 5.69 Å². The largest absolute Gasteiger partial charge is 0.353 e. The molecule has 2 aromatic carbocycles. The third kappa shape index (κ3) is 3.82. The Morgan fingerprint density at radius 2 is 1.83 bits per heavy atom. The fourth-order valence-electron chi connectivity index (χ4n) is 2.78. The van der Waals surface area contributed by atoms with Crippen molar-refractivity contribution in [2.75, 3.05) is 10.6 Å². The second-order valence-electron chi connectivity index (χ2n) is 6.33. The summed E-state index contributed by atoms with van der Waals surface area (Å²) in [6, 6.07) is 11.1. The van der Waals surface area contributed by atoms with Crippen LogP contribution in [0.15, 0.2) is 42.7 Å². The quantitative estimate of drug-likeness (QED) is 0.309. The number of hydrogen-bond acceptors (Lipinski definition) is 8. The summed E-state index contributed by atoms with van der Waals surface area (Å²) in [6.07, 6.45) is 1.26. The van der Waals surface area contributed by atoms with Crippen LogP contribution in [0.4, 0.5) is 28.1 Å². The molecule has 2 heterocycles. The topological polar surface area (TPSA) is 106 Å². The third-order valence-electron chi connectivity index (χ3n) is 4.29. The number of aryl methyl sites for hydroxylation is 2. The summed E-state index contributed by atoms with van der Waals surface area (Å²) in [5, 5.41) is 18.8. The summed E-state index contributed by atoms with van der Waals surface area (Å²) in [6.45, 7) is 3.84. The number of halogens is 1. The zero-order valence-corrected chi connectivity index (χ0v) is 17.0. The zero-order valence-electron chi connectivity index (χ0n) is 15.4. The molecule has 0 fully saturated rings. The van der Waals surface area contributed by atoms with E-state index >= 15 is 0 Å². The average molecular weight is 427 g/mol. The van der Waals surface area contributed by atoms with E-state index in [1.807, 2.05) is 38.1 Å². The number of aromatic nitrogens is 3. The highest BCUT2D eigenvalue weighted by Crippen LogP contribution is 2.36. The predicted molar refractivity (Wildman–Crippen MR) is 116 cm³/mol. The van der Waals surface area contributed by atoms with Crippen LogP contribution in [0.25, 0.3) is 10.2 Å². The second kappa shape index (κ2) is 7.61. The van der Waals surface area contributed by atoms with Gasteiger partial charge in [-0.05, 0) is 43.2 Å². The number of nitro groups is 1. The summed E-state index contributed by atoms with van der Waals surface area (Å²) >= 11 is 7.54. The van der Waals surface area contributed by atoms with Crippen LogP contribution in [0.5, 0.6) is 0 Å². The number of benzene rings is 2. The van der Waals surface area contributed by atoms with Crippen molar-refractivity contribution in [1.82, 2.24) is 15.0 Å². The Hall–Kier alpha value is -3.30. The molecule has 0 aliphatic heterocycles. The van der Waals surface area contributed by atoms with Crippen LogP contribution in [0.3, 0.4) is 0 Å². The number of nitrogens with one attached hydrogen (secondary N) is 2. The lowest BCUT2D eigenvalue weighted by Gasteiger charge is -2.09. The van der Waals surface area contributed by atoms with Gasteiger partial charge in [0, 0.05) is 10.7 Å². The van der Waals surface area contributed by atoms with Crippen LogP contribution in [0.1, 0.15) is 11.1 Å². The molecule has 2 N–H and O–H groups in total. The minimum atomic E-state index is -0.529.